The number of aliphatic hydroxyl groups excluding tert-OH is 1. The molecule has 1 atom stereocenters. The molecule has 1 unspecified atom stereocenters. The van der Waals surface area contributed by atoms with Crippen LogP contribution in [0.2, 0.25) is 0 Å². The normalized spacial score (nSPS) is 12.9. The molecule has 2 N–H and O–H groups in total. The van der Waals surface area contributed by atoms with Crippen molar-refractivity contribution >= 4 is 11.0 Å². The number of furan rings is 1. The number of nitrogens with one attached hydrogen (secondary N) is 1. The lowest BCUT2D eigenvalue weighted by Gasteiger charge is -2.09. The summed E-state index contributed by atoms with van der Waals surface area (Å²) < 4.78 is 7.58. The second-order valence-corrected chi connectivity index (χ2v) is 5.12. The Bertz CT molecular complexity index is 684. The van der Waals surface area contributed by atoms with Crippen molar-refractivity contribution in [2.24, 2.45) is 0 Å². The van der Waals surface area contributed by atoms with Gasteiger partial charge in [-0.25, -0.2) is 0 Å². The van der Waals surface area contributed by atoms with Gasteiger partial charge in [0.1, 0.15) is 11.3 Å². The Balaban J connectivity index is 1.63. The minimum absolute atomic E-state index is 0.101. The molecule has 0 aliphatic carbocycles. The number of aromatic nitrogens is 2. The van der Waals surface area contributed by atoms with E-state index in [4.69, 9.17) is 9.52 Å². The maximum absolute atomic E-state index is 8.88. The van der Waals surface area contributed by atoms with E-state index in [1.807, 2.05) is 36.7 Å². The SMILES string of the molecule is CC(NCc1cnn(CCO)c1)c1cc2ccccc2o1. The highest BCUT2D eigenvalue weighted by Gasteiger charge is 2.11. The van der Waals surface area contributed by atoms with Gasteiger partial charge < -0.3 is 14.8 Å². The Labute approximate surface area is 123 Å². The Morgan fingerprint density at radius 2 is 2.24 bits per heavy atom. The smallest absolute Gasteiger partial charge is 0.134 e. The van der Waals surface area contributed by atoms with E-state index in [1.54, 1.807) is 4.68 Å². The first-order valence-electron chi connectivity index (χ1n) is 7.10. The molecule has 0 saturated carbocycles. The molecular weight excluding hydrogens is 266 g/mol. The molecule has 0 spiro atoms. The minimum Gasteiger partial charge on any atom is -0.459 e. The molecule has 2 heterocycles. The van der Waals surface area contributed by atoms with Crippen LogP contribution in [0.25, 0.3) is 11.0 Å². The lowest BCUT2D eigenvalue weighted by atomic mass is 10.2. The molecule has 1 aromatic carbocycles. The number of fused-ring (bicyclic) bond motifs is 1. The number of benzene rings is 1. The van der Waals surface area contributed by atoms with Gasteiger partial charge in [-0.2, -0.15) is 5.10 Å². The molecule has 5 nitrogen and oxygen atoms in total. The first-order chi connectivity index (χ1) is 10.3. The Kier molecular flexibility index (Phi) is 4.03. The highest BCUT2D eigenvalue weighted by atomic mass is 16.3. The number of nitrogens with zero attached hydrogens (tertiary/aromatic N) is 2. The van der Waals surface area contributed by atoms with E-state index in [1.165, 1.54) is 0 Å². The van der Waals surface area contributed by atoms with E-state index in [0.29, 0.717) is 13.1 Å². The van der Waals surface area contributed by atoms with Gasteiger partial charge in [-0.3, -0.25) is 4.68 Å². The van der Waals surface area contributed by atoms with E-state index >= 15 is 0 Å². The van der Waals surface area contributed by atoms with Gasteiger partial charge in [0.25, 0.3) is 0 Å². The summed E-state index contributed by atoms with van der Waals surface area (Å²) in [6, 6.07) is 10.2. The van der Waals surface area contributed by atoms with Crippen LogP contribution in [0.1, 0.15) is 24.3 Å². The summed E-state index contributed by atoms with van der Waals surface area (Å²) in [5, 5.41) is 17.6. The summed E-state index contributed by atoms with van der Waals surface area (Å²) in [7, 11) is 0. The van der Waals surface area contributed by atoms with Crippen molar-refractivity contribution in [3.05, 3.63) is 54.0 Å². The average Bonchev–Trinajstić information content (AvgIpc) is 3.11. The molecule has 0 amide bonds. The van der Waals surface area contributed by atoms with Gasteiger partial charge in [-0.15, -0.1) is 0 Å². The van der Waals surface area contributed by atoms with Crippen molar-refractivity contribution in [3.8, 4) is 0 Å². The molecule has 0 saturated heterocycles. The molecule has 3 aromatic rings. The predicted molar refractivity (Wildman–Crippen MR) is 80.8 cm³/mol. The van der Waals surface area contributed by atoms with Crippen LogP contribution < -0.4 is 5.32 Å². The van der Waals surface area contributed by atoms with Crippen LogP contribution >= 0.6 is 0 Å². The minimum atomic E-state index is 0.101. The quantitative estimate of drug-likeness (QED) is 0.730. The fourth-order valence-electron chi connectivity index (χ4n) is 2.31. The lowest BCUT2D eigenvalue weighted by molar-refractivity contribution is 0.269. The van der Waals surface area contributed by atoms with Crippen LogP contribution in [0.3, 0.4) is 0 Å². The molecule has 0 radical (unpaired) electrons. The van der Waals surface area contributed by atoms with Crippen molar-refractivity contribution in [1.82, 2.24) is 15.1 Å². The van der Waals surface area contributed by atoms with Crippen molar-refractivity contribution in [2.45, 2.75) is 26.1 Å². The maximum Gasteiger partial charge on any atom is 0.134 e. The number of aliphatic hydroxyl groups is 1. The molecule has 0 aliphatic heterocycles. The number of para-hydroxylation sites is 1. The fourth-order valence-corrected chi connectivity index (χ4v) is 2.31. The molecule has 5 heteroatoms. The first kappa shape index (κ1) is 13.9. The van der Waals surface area contributed by atoms with Gasteiger partial charge in [0.05, 0.1) is 25.4 Å². The molecular formula is C16H19N3O2. The van der Waals surface area contributed by atoms with E-state index < -0.39 is 0 Å². The maximum atomic E-state index is 8.88. The second-order valence-electron chi connectivity index (χ2n) is 5.12. The fraction of sp³-hybridized carbons (Fsp3) is 0.312. The summed E-state index contributed by atoms with van der Waals surface area (Å²) in [6.07, 6.45) is 3.75. The van der Waals surface area contributed by atoms with Crippen LogP contribution in [0.4, 0.5) is 0 Å². The second kappa shape index (κ2) is 6.11. The van der Waals surface area contributed by atoms with Crippen molar-refractivity contribution in [2.75, 3.05) is 6.61 Å². The third-order valence-electron chi connectivity index (χ3n) is 3.50. The zero-order valence-electron chi connectivity index (χ0n) is 12.0. The van der Waals surface area contributed by atoms with Gasteiger partial charge in [0.2, 0.25) is 0 Å². The first-order valence-corrected chi connectivity index (χ1v) is 7.10. The predicted octanol–water partition coefficient (Wildman–Crippen LogP) is 2.47. The van der Waals surface area contributed by atoms with Gasteiger partial charge in [-0.1, -0.05) is 18.2 Å². The number of hydrogen-bond acceptors (Lipinski definition) is 4. The highest BCUT2D eigenvalue weighted by molar-refractivity contribution is 5.77. The molecule has 110 valence electrons. The Morgan fingerprint density at radius 3 is 3.05 bits per heavy atom. The van der Waals surface area contributed by atoms with E-state index in [2.05, 4.69) is 23.4 Å². The van der Waals surface area contributed by atoms with Crippen LogP contribution in [0.5, 0.6) is 0 Å². The molecule has 21 heavy (non-hydrogen) atoms. The summed E-state index contributed by atoms with van der Waals surface area (Å²) >= 11 is 0. The lowest BCUT2D eigenvalue weighted by Crippen LogP contribution is -2.17. The van der Waals surface area contributed by atoms with E-state index in [-0.39, 0.29) is 12.6 Å². The third-order valence-corrected chi connectivity index (χ3v) is 3.50. The number of hydrogen-bond donors (Lipinski definition) is 2. The topological polar surface area (TPSA) is 63.2 Å². The van der Waals surface area contributed by atoms with Gasteiger partial charge in [0, 0.05) is 23.7 Å². The van der Waals surface area contributed by atoms with Crippen molar-refractivity contribution < 1.29 is 9.52 Å². The van der Waals surface area contributed by atoms with Crippen molar-refractivity contribution in [1.29, 1.82) is 0 Å². The monoisotopic (exact) mass is 285 g/mol. The molecule has 0 fully saturated rings. The Morgan fingerprint density at radius 1 is 1.38 bits per heavy atom. The Hall–Kier alpha value is -2.11. The van der Waals surface area contributed by atoms with Crippen LogP contribution in [0.15, 0.2) is 47.1 Å². The average molecular weight is 285 g/mol. The van der Waals surface area contributed by atoms with Crippen LogP contribution in [-0.4, -0.2) is 21.5 Å². The largest absolute Gasteiger partial charge is 0.459 e. The van der Waals surface area contributed by atoms with Gasteiger partial charge in [0.15, 0.2) is 0 Å². The zero-order chi connectivity index (χ0) is 14.7. The zero-order valence-corrected chi connectivity index (χ0v) is 12.0. The number of rotatable bonds is 6. The molecule has 0 bridgehead atoms. The molecule has 0 aliphatic rings. The third kappa shape index (κ3) is 3.15. The summed E-state index contributed by atoms with van der Waals surface area (Å²) in [5.41, 5.74) is 2.00. The van der Waals surface area contributed by atoms with Crippen LogP contribution in [0, 0.1) is 0 Å². The standard InChI is InChI=1S/C16H19N3O2/c1-12(16-8-14-4-2-3-5-15(14)21-16)17-9-13-10-18-19(11-13)6-7-20/h2-5,8,10-12,17,20H,6-7,9H2,1H3. The summed E-state index contributed by atoms with van der Waals surface area (Å²) in [4.78, 5) is 0. The summed E-state index contributed by atoms with van der Waals surface area (Å²) in [5.74, 6) is 0.930. The molecule has 3 rings (SSSR count). The summed E-state index contributed by atoms with van der Waals surface area (Å²) in [6.45, 7) is 3.42. The highest BCUT2D eigenvalue weighted by Crippen LogP contribution is 2.23. The van der Waals surface area contributed by atoms with Crippen LogP contribution in [-0.2, 0) is 13.1 Å². The van der Waals surface area contributed by atoms with Crippen molar-refractivity contribution in [3.63, 3.8) is 0 Å². The van der Waals surface area contributed by atoms with E-state index in [0.717, 1.165) is 22.3 Å². The van der Waals surface area contributed by atoms with Gasteiger partial charge >= 0.3 is 0 Å². The molecule has 2 aromatic heterocycles. The van der Waals surface area contributed by atoms with E-state index in [9.17, 15) is 0 Å². The van der Waals surface area contributed by atoms with Gasteiger partial charge in [-0.05, 0) is 19.1 Å².